The lowest BCUT2D eigenvalue weighted by atomic mass is 10.1. The molecule has 0 aliphatic heterocycles. The van der Waals surface area contributed by atoms with Crippen molar-refractivity contribution in [2.24, 2.45) is 0 Å². The number of rotatable bonds is 5. The number of hydrogen-bond acceptors (Lipinski definition) is 5. The number of fused-ring (bicyclic) bond motifs is 1. The quantitative estimate of drug-likeness (QED) is 0.477. The van der Waals surface area contributed by atoms with E-state index in [0.29, 0.717) is 28.2 Å². The van der Waals surface area contributed by atoms with Crippen molar-refractivity contribution in [2.45, 2.75) is 6.92 Å². The normalized spacial score (nSPS) is 10.8. The van der Waals surface area contributed by atoms with Gasteiger partial charge in [-0.15, -0.1) is 0 Å². The SMILES string of the molecule is Cc1c(C(=O)O)cn2ncc(N)c(Nc3ccc(Oc4ccccc4)cc3)c12. The van der Waals surface area contributed by atoms with Crippen molar-refractivity contribution in [2.75, 3.05) is 11.1 Å². The van der Waals surface area contributed by atoms with E-state index >= 15 is 0 Å². The monoisotopic (exact) mass is 374 g/mol. The Morgan fingerprint density at radius 2 is 1.79 bits per heavy atom. The van der Waals surface area contributed by atoms with Crippen LogP contribution in [0, 0.1) is 6.92 Å². The van der Waals surface area contributed by atoms with E-state index in [1.807, 2.05) is 54.6 Å². The third kappa shape index (κ3) is 3.21. The maximum atomic E-state index is 11.4. The van der Waals surface area contributed by atoms with Gasteiger partial charge in [-0.1, -0.05) is 18.2 Å². The minimum Gasteiger partial charge on any atom is -0.478 e. The molecule has 28 heavy (non-hydrogen) atoms. The van der Waals surface area contributed by atoms with Gasteiger partial charge in [0.2, 0.25) is 0 Å². The van der Waals surface area contributed by atoms with E-state index in [-0.39, 0.29) is 5.56 Å². The largest absolute Gasteiger partial charge is 0.478 e. The number of aromatic nitrogens is 2. The fraction of sp³-hybridized carbons (Fsp3) is 0.0476. The second kappa shape index (κ2) is 6.96. The van der Waals surface area contributed by atoms with Crippen LogP contribution >= 0.6 is 0 Å². The van der Waals surface area contributed by atoms with Crippen LogP contribution in [0.5, 0.6) is 11.5 Å². The highest BCUT2D eigenvalue weighted by Crippen LogP contribution is 2.32. The molecule has 4 N–H and O–H groups in total. The van der Waals surface area contributed by atoms with Crippen molar-refractivity contribution < 1.29 is 14.6 Å². The summed E-state index contributed by atoms with van der Waals surface area (Å²) in [5.41, 5.74) is 9.34. The summed E-state index contributed by atoms with van der Waals surface area (Å²) in [7, 11) is 0. The highest BCUT2D eigenvalue weighted by Gasteiger charge is 2.18. The number of carboxylic acid groups (broad SMARTS) is 1. The first kappa shape index (κ1) is 17.4. The van der Waals surface area contributed by atoms with E-state index in [4.69, 9.17) is 10.5 Å². The molecule has 0 aliphatic rings. The maximum absolute atomic E-state index is 11.4. The van der Waals surface area contributed by atoms with Crippen LogP contribution in [-0.2, 0) is 0 Å². The summed E-state index contributed by atoms with van der Waals surface area (Å²) < 4.78 is 7.31. The van der Waals surface area contributed by atoms with E-state index in [1.54, 1.807) is 6.92 Å². The van der Waals surface area contributed by atoms with Gasteiger partial charge in [-0.05, 0) is 48.9 Å². The van der Waals surface area contributed by atoms with Gasteiger partial charge >= 0.3 is 5.97 Å². The van der Waals surface area contributed by atoms with Crippen molar-refractivity contribution >= 4 is 28.5 Å². The molecular weight excluding hydrogens is 356 g/mol. The maximum Gasteiger partial charge on any atom is 0.337 e. The van der Waals surface area contributed by atoms with Crippen molar-refractivity contribution in [1.82, 2.24) is 9.61 Å². The molecular formula is C21H18N4O3. The average molecular weight is 374 g/mol. The molecule has 0 fully saturated rings. The van der Waals surface area contributed by atoms with Gasteiger partial charge in [0.25, 0.3) is 0 Å². The van der Waals surface area contributed by atoms with Gasteiger partial charge in [-0.2, -0.15) is 5.10 Å². The summed E-state index contributed by atoms with van der Waals surface area (Å²) in [6.45, 7) is 1.74. The number of benzene rings is 2. The minimum atomic E-state index is -1.00. The lowest BCUT2D eigenvalue weighted by molar-refractivity contribution is 0.0696. The van der Waals surface area contributed by atoms with Gasteiger partial charge in [0.1, 0.15) is 11.5 Å². The second-order valence-corrected chi connectivity index (χ2v) is 6.31. The van der Waals surface area contributed by atoms with Crippen LogP contribution in [0.25, 0.3) is 5.52 Å². The number of hydrogen-bond donors (Lipinski definition) is 3. The van der Waals surface area contributed by atoms with Gasteiger partial charge in [0.05, 0.1) is 28.7 Å². The number of aryl methyl sites for hydroxylation is 1. The van der Waals surface area contributed by atoms with Gasteiger partial charge in [0, 0.05) is 11.9 Å². The second-order valence-electron chi connectivity index (χ2n) is 6.31. The lowest BCUT2D eigenvalue weighted by Gasteiger charge is -2.12. The molecule has 2 aromatic carbocycles. The van der Waals surface area contributed by atoms with Gasteiger partial charge < -0.3 is 20.9 Å². The van der Waals surface area contributed by atoms with E-state index in [2.05, 4.69) is 10.4 Å². The molecule has 0 aliphatic carbocycles. The van der Waals surface area contributed by atoms with Crippen molar-refractivity contribution in [1.29, 1.82) is 0 Å². The van der Waals surface area contributed by atoms with Crippen LogP contribution in [0.1, 0.15) is 15.9 Å². The molecule has 0 saturated heterocycles. The Balaban J connectivity index is 1.64. The molecule has 2 heterocycles. The van der Waals surface area contributed by atoms with Crippen LogP contribution in [0.2, 0.25) is 0 Å². The number of anilines is 3. The fourth-order valence-electron chi connectivity index (χ4n) is 3.02. The highest BCUT2D eigenvalue weighted by molar-refractivity contribution is 5.97. The topological polar surface area (TPSA) is 102 Å². The zero-order chi connectivity index (χ0) is 19.7. The average Bonchev–Trinajstić information content (AvgIpc) is 3.03. The van der Waals surface area contributed by atoms with Gasteiger partial charge in [0.15, 0.2) is 0 Å². The van der Waals surface area contributed by atoms with Gasteiger partial charge in [-0.25, -0.2) is 9.31 Å². The van der Waals surface area contributed by atoms with E-state index in [0.717, 1.165) is 11.4 Å². The Bertz CT molecular complexity index is 1150. The summed E-state index contributed by atoms with van der Waals surface area (Å²) in [6.07, 6.45) is 2.97. The number of aromatic carboxylic acids is 1. The van der Waals surface area contributed by atoms with Crippen LogP contribution in [0.4, 0.5) is 17.1 Å². The molecule has 0 atom stereocenters. The van der Waals surface area contributed by atoms with E-state index in [9.17, 15) is 9.90 Å². The summed E-state index contributed by atoms with van der Waals surface area (Å²) in [4.78, 5) is 11.4. The number of nitrogens with two attached hydrogens (primary N) is 1. The standard InChI is InChI=1S/C21H18N4O3/c1-13-17(21(26)27)12-25-20(13)19(18(22)11-23-25)24-14-7-9-16(10-8-14)28-15-5-3-2-4-6-15/h2-12,24H,22H2,1H3,(H,26,27). The number of ether oxygens (including phenoxy) is 1. The summed E-state index contributed by atoms with van der Waals surface area (Å²) >= 11 is 0. The molecule has 7 nitrogen and oxygen atoms in total. The van der Waals surface area contributed by atoms with Crippen molar-refractivity contribution in [3.8, 4) is 11.5 Å². The number of carboxylic acids is 1. The predicted octanol–water partition coefficient (Wildman–Crippen LogP) is 4.46. The Morgan fingerprint density at radius 1 is 1.11 bits per heavy atom. The summed E-state index contributed by atoms with van der Waals surface area (Å²) in [5, 5.41) is 16.8. The Labute approximate surface area is 161 Å². The number of para-hydroxylation sites is 1. The lowest BCUT2D eigenvalue weighted by Crippen LogP contribution is -2.02. The first-order valence-electron chi connectivity index (χ1n) is 8.62. The summed E-state index contributed by atoms with van der Waals surface area (Å²) in [5.74, 6) is 0.458. The molecule has 0 radical (unpaired) electrons. The predicted molar refractivity (Wildman–Crippen MR) is 108 cm³/mol. The number of nitrogens with one attached hydrogen (secondary N) is 1. The smallest absolute Gasteiger partial charge is 0.337 e. The Kier molecular flexibility index (Phi) is 4.33. The fourth-order valence-corrected chi connectivity index (χ4v) is 3.02. The molecule has 4 rings (SSSR count). The molecule has 140 valence electrons. The van der Waals surface area contributed by atoms with E-state index in [1.165, 1.54) is 16.9 Å². The number of nitrogens with zero attached hydrogens (tertiary/aromatic N) is 2. The molecule has 0 amide bonds. The first-order chi connectivity index (χ1) is 13.5. The minimum absolute atomic E-state index is 0.188. The third-order valence-corrected chi connectivity index (χ3v) is 4.42. The molecule has 0 bridgehead atoms. The number of carbonyl (C=O) groups is 1. The van der Waals surface area contributed by atoms with Crippen molar-refractivity contribution in [3.63, 3.8) is 0 Å². The molecule has 0 unspecified atom stereocenters. The van der Waals surface area contributed by atoms with Crippen LogP contribution in [0.15, 0.2) is 67.0 Å². The number of nitrogen functional groups attached to an aromatic ring is 1. The first-order valence-corrected chi connectivity index (χ1v) is 8.62. The van der Waals surface area contributed by atoms with Crippen LogP contribution < -0.4 is 15.8 Å². The Morgan fingerprint density at radius 3 is 2.46 bits per heavy atom. The van der Waals surface area contributed by atoms with Crippen molar-refractivity contribution in [3.05, 3.63) is 78.1 Å². The molecule has 2 aromatic heterocycles. The molecule has 0 saturated carbocycles. The van der Waals surface area contributed by atoms with Crippen LogP contribution in [-0.4, -0.2) is 20.7 Å². The van der Waals surface area contributed by atoms with E-state index < -0.39 is 5.97 Å². The third-order valence-electron chi connectivity index (χ3n) is 4.42. The van der Waals surface area contributed by atoms with Crippen LogP contribution in [0.3, 0.4) is 0 Å². The van der Waals surface area contributed by atoms with Gasteiger partial charge in [-0.3, -0.25) is 0 Å². The summed E-state index contributed by atoms with van der Waals surface area (Å²) in [6, 6.07) is 16.9. The molecule has 0 spiro atoms. The zero-order valence-corrected chi connectivity index (χ0v) is 15.1. The molecule has 7 heteroatoms. The zero-order valence-electron chi connectivity index (χ0n) is 15.1. The highest BCUT2D eigenvalue weighted by atomic mass is 16.5. The molecule has 4 aromatic rings. The Hall–Kier alpha value is -4.00.